The largest absolute Gasteiger partial charge is 0.338 e. The van der Waals surface area contributed by atoms with E-state index in [9.17, 15) is 14.9 Å². The van der Waals surface area contributed by atoms with Crippen molar-refractivity contribution in [2.24, 2.45) is 5.92 Å². The summed E-state index contributed by atoms with van der Waals surface area (Å²) in [5, 5.41) is 14.2. The molecule has 0 bridgehead atoms. The van der Waals surface area contributed by atoms with E-state index >= 15 is 0 Å². The van der Waals surface area contributed by atoms with Crippen LogP contribution in [0.4, 0.5) is 5.69 Å². The summed E-state index contributed by atoms with van der Waals surface area (Å²) >= 11 is 0. The van der Waals surface area contributed by atoms with E-state index in [1.165, 1.54) is 6.07 Å². The second kappa shape index (κ2) is 6.67. The van der Waals surface area contributed by atoms with Crippen molar-refractivity contribution in [1.82, 2.24) is 10.2 Å². The van der Waals surface area contributed by atoms with Gasteiger partial charge in [0.1, 0.15) is 5.56 Å². The molecule has 6 nitrogen and oxygen atoms in total. The predicted molar refractivity (Wildman–Crippen MR) is 80.4 cm³/mol. The minimum Gasteiger partial charge on any atom is -0.338 e. The Kier molecular flexibility index (Phi) is 4.90. The summed E-state index contributed by atoms with van der Waals surface area (Å²) in [6.07, 6.45) is 1.87. The molecule has 0 atom stereocenters. The lowest BCUT2D eigenvalue weighted by atomic mass is 9.96. The molecule has 1 heterocycles. The number of carbonyl (C=O) groups excluding carboxylic acids is 1. The van der Waals surface area contributed by atoms with Gasteiger partial charge in [-0.05, 0) is 50.9 Å². The van der Waals surface area contributed by atoms with Gasteiger partial charge in [0, 0.05) is 19.2 Å². The van der Waals surface area contributed by atoms with Gasteiger partial charge in [0.2, 0.25) is 0 Å². The Bertz CT molecular complexity index is 537. The number of nitrogens with one attached hydrogen (secondary N) is 1. The van der Waals surface area contributed by atoms with E-state index in [4.69, 9.17) is 0 Å². The minimum atomic E-state index is -0.486. The van der Waals surface area contributed by atoms with Gasteiger partial charge in [0.25, 0.3) is 11.6 Å². The Hall–Kier alpha value is -1.95. The zero-order valence-corrected chi connectivity index (χ0v) is 12.5. The number of carbonyl (C=O) groups is 1. The third-order valence-corrected chi connectivity index (χ3v) is 3.97. The summed E-state index contributed by atoms with van der Waals surface area (Å²) in [5.41, 5.74) is 0.948. The summed E-state index contributed by atoms with van der Waals surface area (Å²) in [5.74, 6) is 0.347. The normalized spacial score (nSPS) is 16.0. The van der Waals surface area contributed by atoms with Gasteiger partial charge in [0.05, 0.1) is 4.92 Å². The van der Waals surface area contributed by atoms with E-state index in [1.54, 1.807) is 17.0 Å². The van der Waals surface area contributed by atoms with Gasteiger partial charge in [0.15, 0.2) is 0 Å². The van der Waals surface area contributed by atoms with Crippen LogP contribution in [0.1, 0.15) is 28.8 Å². The Morgan fingerprint density at radius 3 is 2.67 bits per heavy atom. The van der Waals surface area contributed by atoms with E-state index in [0.717, 1.165) is 24.9 Å². The van der Waals surface area contributed by atoms with Crippen molar-refractivity contribution >= 4 is 11.6 Å². The first-order chi connectivity index (χ1) is 10.0. The first-order valence-corrected chi connectivity index (χ1v) is 7.22. The highest BCUT2D eigenvalue weighted by Gasteiger charge is 2.28. The van der Waals surface area contributed by atoms with Crippen molar-refractivity contribution in [3.63, 3.8) is 0 Å². The maximum absolute atomic E-state index is 12.5. The molecule has 0 spiro atoms. The second-order valence-electron chi connectivity index (χ2n) is 5.57. The molecule has 1 saturated heterocycles. The van der Waals surface area contributed by atoms with Crippen LogP contribution >= 0.6 is 0 Å². The highest BCUT2D eigenvalue weighted by Crippen LogP contribution is 2.24. The average Bonchev–Trinajstić information content (AvgIpc) is 2.47. The number of hydrogen-bond acceptors (Lipinski definition) is 4. The molecule has 1 N–H and O–H groups in total. The number of piperidine rings is 1. The number of benzene rings is 1. The van der Waals surface area contributed by atoms with Gasteiger partial charge in [-0.3, -0.25) is 14.9 Å². The van der Waals surface area contributed by atoms with Crippen LogP contribution in [0.15, 0.2) is 18.2 Å². The van der Waals surface area contributed by atoms with Crippen LogP contribution in [0, 0.1) is 23.0 Å². The Morgan fingerprint density at radius 1 is 1.43 bits per heavy atom. The van der Waals surface area contributed by atoms with Gasteiger partial charge >= 0.3 is 0 Å². The highest BCUT2D eigenvalue weighted by atomic mass is 16.6. The van der Waals surface area contributed by atoms with E-state index in [2.05, 4.69) is 5.32 Å². The third kappa shape index (κ3) is 3.58. The number of nitrogens with zero attached hydrogens (tertiary/aromatic N) is 2. The van der Waals surface area contributed by atoms with Crippen LogP contribution in [0.3, 0.4) is 0 Å². The van der Waals surface area contributed by atoms with Gasteiger partial charge in [-0.1, -0.05) is 6.07 Å². The molecule has 6 heteroatoms. The summed E-state index contributed by atoms with van der Waals surface area (Å²) < 4.78 is 0. The molecule has 1 fully saturated rings. The fourth-order valence-corrected chi connectivity index (χ4v) is 2.78. The Morgan fingerprint density at radius 2 is 2.10 bits per heavy atom. The summed E-state index contributed by atoms with van der Waals surface area (Å²) in [4.78, 5) is 24.9. The SMILES string of the molecule is CNCC1CCN(C(=O)c2cc(C)ccc2[N+](=O)[O-])CC1. The van der Waals surface area contributed by atoms with E-state index < -0.39 is 4.92 Å². The van der Waals surface area contributed by atoms with Crippen molar-refractivity contribution in [3.05, 3.63) is 39.4 Å². The van der Waals surface area contributed by atoms with Crippen molar-refractivity contribution in [1.29, 1.82) is 0 Å². The number of aryl methyl sites for hydroxylation is 1. The van der Waals surface area contributed by atoms with Crippen LogP contribution in [0.5, 0.6) is 0 Å². The van der Waals surface area contributed by atoms with E-state index in [0.29, 0.717) is 19.0 Å². The molecule has 0 aromatic heterocycles. The number of amides is 1. The Balaban J connectivity index is 2.14. The van der Waals surface area contributed by atoms with Crippen LogP contribution in [0.25, 0.3) is 0 Å². The van der Waals surface area contributed by atoms with Gasteiger partial charge in [-0.2, -0.15) is 0 Å². The molecule has 114 valence electrons. The molecule has 21 heavy (non-hydrogen) atoms. The van der Waals surface area contributed by atoms with Crippen molar-refractivity contribution in [3.8, 4) is 0 Å². The molecule has 1 amide bonds. The first kappa shape index (κ1) is 15.4. The lowest BCUT2D eigenvalue weighted by Gasteiger charge is -2.32. The molecule has 0 unspecified atom stereocenters. The standard InChI is InChI=1S/C15H21N3O3/c1-11-3-4-14(18(20)21)13(9-11)15(19)17-7-5-12(6-8-17)10-16-2/h3-4,9,12,16H,5-8,10H2,1-2H3. The van der Waals surface area contributed by atoms with E-state index in [-0.39, 0.29) is 17.2 Å². The molecule has 0 saturated carbocycles. The van der Waals surface area contributed by atoms with Crippen LogP contribution < -0.4 is 5.32 Å². The zero-order chi connectivity index (χ0) is 15.4. The number of nitro groups is 1. The van der Waals surface area contributed by atoms with Crippen molar-refractivity contribution < 1.29 is 9.72 Å². The highest BCUT2D eigenvalue weighted by molar-refractivity contribution is 5.98. The lowest BCUT2D eigenvalue weighted by Crippen LogP contribution is -2.40. The van der Waals surface area contributed by atoms with Gasteiger partial charge < -0.3 is 10.2 Å². The lowest BCUT2D eigenvalue weighted by molar-refractivity contribution is -0.385. The first-order valence-electron chi connectivity index (χ1n) is 7.22. The summed E-state index contributed by atoms with van der Waals surface area (Å²) in [6.45, 7) is 4.11. The topological polar surface area (TPSA) is 75.5 Å². The molecule has 0 aliphatic carbocycles. The predicted octanol–water partition coefficient (Wildman–Crippen LogP) is 1.97. The molecule has 1 aliphatic heterocycles. The van der Waals surface area contributed by atoms with Crippen molar-refractivity contribution in [2.45, 2.75) is 19.8 Å². The molecule has 0 radical (unpaired) electrons. The van der Waals surface area contributed by atoms with Crippen LogP contribution in [0.2, 0.25) is 0 Å². The zero-order valence-electron chi connectivity index (χ0n) is 12.5. The van der Waals surface area contributed by atoms with Crippen LogP contribution in [-0.4, -0.2) is 42.4 Å². The third-order valence-electron chi connectivity index (χ3n) is 3.97. The number of nitro benzene ring substituents is 1. The van der Waals surface area contributed by atoms with Gasteiger partial charge in [-0.15, -0.1) is 0 Å². The second-order valence-corrected chi connectivity index (χ2v) is 5.57. The van der Waals surface area contributed by atoms with Crippen LogP contribution in [-0.2, 0) is 0 Å². The van der Waals surface area contributed by atoms with Crippen molar-refractivity contribution in [2.75, 3.05) is 26.7 Å². The van der Waals surface area contributed by atoms with E-state index in [1.807, 2.05) is 14.0 Å². The molecule has 2 rings (SSSR count). The quantitative estimate of drug-likeness (QED) is 0.680. The maximum atomic E-state index is 12.5. The average molecular weight is 291 g/mol. The molecule has 1 aromatic rings. The smallest absolute Gasteiger partial charge is 0.282 e. The van der Waals surface area contributed by atoms with Gasteiger partial charge in [-0.25, -0.2) is 0 Å². The summed E-state index contributed by atoms with van der Waals surface area (Å²) in [6, 6.07) is 4.69. The Labute approximate surface area is 124 Å². The number of rotatable bonds is 4. The minimum absolute atomic E-state index is 0.108. The molecule has 1 aromatic carbocycles. The fourth-order valence-electron chi connectivity index (χ4n) is 2.78. The molecule has 1 aliphatic rings. The maximum Gasteiger partial charge on any atom is 0.282 e. The monoisotopic (exact) mass is 291 g/mol. The molecular weight excluding hydrogens is 270 g/mol. The summed E-state index contributed by atoms with van der Waals surface area (Å²) in [7, 11) is 1.92. The number of hydrogen-bond donors (Lipinski definition) is 1. The number of likely N-dealkylation sites (tertiary alicyclic amines) is 1. The fraction of sp³-hybridized carbons (Fsp3) is 0.533. The molecular formula is C15H21N3O3.